The molecule has 5 heteroatoms. The molecule has 1 fully saturated rings. The zero-order valence-electron chi connectivity index (χ0n) is 11.6. The second kappa shape index (κ2) is 5.90. The lowest BCUT2D eigenvalue weighted by atomic mass is 9.88. The number of nitrogens with one attached hydrogen (secondary N) is 1. The van der Waals surface area contributed by atoms with Crippen molar-refractivity contribution >= 4 is 11.6 Å². The van der Waals surface area contributed by atoms with Gasteiger partial charge in [0.1, 0.15) is 11.4 Å². The standard InChI is InChI=1S/C16H17ClN2O2/c17-12-8-6-10(7-9-12)13-15(20)18-14(19-16(13)21)11-4-2-1-3-5-11/h6-9,11H,1-5H2,(H2,18,19,20,21). The molecule has 0 aliphatic heterocycles. The minimum absolute atomic E-state index is 0.200. The largest absolute Gasteiger partial charge is 0.493 e. The zero-order chi connectivity index (χ0) is 14.8. The summed E-state index contributed by atoms with van der Waals surface area (Å²) in [6, 6.07) is 6.78. The molecule has 1 heterocycles. The molecule has 1 aliphatic carbocycles. The number of aromatic amines is 1. The lowest BCUT2D eigenvalue weighted by molar-refractivity contribution is 0.410. The zero-order valence-corrected chi connectivity index (χ0v) is 12.4. The van der Waals surface area contributed by atoms with Crippen LogP contribution in [0, 0.1) is 0 Å². The Morgan fingerprint density at radius 2 is 1.81 bits per heavy atom. The first kappa shape index (κ1) is 14.1. The SMILES string of the molecule is O=c1[nH]c(C2CCCCC2)nc(O)c1-c1ccc(Cl)cc1. The van der Waals surface area contributed by atoms with Gasteiger partial charge >= 0.3 is 0 Å². The number of H-pyrrole nitrogens is 1. The first-order chi connectivity index (χ1) is 10.1. The summed E-state index contributed by atoms with van der Waals surface area (Å²) >= 11 is 5.84. The first-order valence-corrected chi connectivity index (χ1v) is 7.62. The molecule has 0 saturated heterocycles. The molecule has 110 valence electrons. The van der Waals surface area contributed by atoms with Crippen molar-refractivity contribution in [2.24, 2.45) is 0 Å². The maximum atomic E-state index is 12.3. The van der Waals surface area contributed by atoms with E-state index in [1.54, 1.807) is 24.3 Å². The van der Waals surface area contributed by atoms with Crippen molar-refractivity contribution in [1.29, 1.82) is 0 Å². The highest BCUT2D eigenvalue weighted by Crippen LogP contribution is 2.32. The fraction of sp³-hybridized carbons (Fsp3) is 0.375. The summed E-state index contributed by atoms with van der Waals surface area (Å²) in [5, 5.41) is 10.7. The van der Waals surface area contributed by atoms with Crippen molar-refractivity contribution in [3.63, 3.8) is 0 Å². The number of aromatic nitrogens is 2. The molecule has 1 aromatic heterocycles. The van der Waals surface area contributed by atoms with Gasteiger partial charge in [-0.25, -0.2) is 0 Å². The summed E-state index contributed by atoms with van der Waals surface area (Å²) in [5.41, 5.74) is 0.512. The van der Waals surface area contributed by atoms with Crippen molar-refractivity contribution in [3.05, 3.63) is 45.5 Å². The summed E-state index contributed by atoms with van der Waals surface area (Å²) in [5.74, 6) is 0.646. The van der Waals surface area contributed by atoms with Crippen LogP contribution in [0.1, 0.15) is 43.8 Å². The van der Waals surface area contributed by atoms with Crippen LogP contribution in [0.3, 0.4) is 0 Å². The van der Waals surface area contributed by atoms with E-state index in [-0.39, 0.29) is 22.9 Å². The maximum absolute atomic E-state index is 12.3. The molecule has 0 spiro atoms. The number of benzene rings is 1. The van der Waals surface area contributed by atoms with Gasteiger partial charge in [0.25, 0.3) is 5.56 Å². The first-order valence-electron chi connectivity index (χ1n) is 7.24. The van der Waals surface area contributed by atoms with Crippen LogP contribution in [0.25, 0.3) is 11.1 Å². The van der Waals surface area contributed by atoms with E-state index in [0.29, 0.717) is 16.4 Å². The molecule has 2 aromatic rings. The van der Waals surface area contributed by atoms with Crippen LogP contribution in [0.5, 0.6) is 5.88 Å². The van der Waals surface area contributed by atoms with Crippen molar-refractivity contribution in [2.45, 2.75) is 38.0 Å². The summed E-state index contributed by atoms with van der Waals surface area (Å²) in [6.07, 6.45) is 5.56. The maximum Gasteiger partial charge on any atom is 0.262 e. The predicted molar refractivity (Wildman–Crippen MR) is 82.8 cm³/mol. The average Bonchev–Trinajstić information content (AvgIpc) is 2.49. The summed E-state index contributed by atoms with van der Waals surface area (Å²) < 4.78 is 0. The van der Waals surface area contributed by atoms with Crippen molar-refractivity contribution in [2.75, 3.05) is 0 Å². The number of aromatic hydroxyl groups is 1. The average molecular weight is 305 g/mol. The van der Waals surface area contributed by atoms with Gasteiger partial charge in [-0.1, -0.05) is 43.0 Å². The van der Waals surface area contributed by atoms with Crippen LogP contribution in [0.4, 0.5) is 0 Å². The van der Waals surface area contributed by atoms with E-state index < -0.39 is 0 Å². The van der Waals surface area contributed by atoms with Crippen LogP contribution >= 0.6 is 11.6 Å². The molecule has 0 atom stereocenters. The minimum atomic E-state index is -0.301. The molecular formula is C16H17ClN2O2. The number of nitrogens with zero attached hydrogens (tertiary/aromatic N) is 1. The summed E-state index contributed by atoms with van der Waals surface area (Å²) in [7, 11) is 0. The van der Waals surface area contributed by atoms with Gasteiger partial charge in [-0.3, -0.25) is 4.79 Å². The Labute approximate surface area is 127 Å². The second-order valence-corrected chi connectivity index (χ2v) is 5.93. The van der Waals surface area contributed by atoms with Gasteiger partial charge in [0.15, 0.2) is 0 Å². The number of hydrogen-bond donors (Lipinski definition) is 2. The van der Waals surface area contributed by atoms with E-state index in [4.69, 9.17) is 11.6 Å². The van der Waals surface area contributed by atoms with Crippen LogP contribution < -0.4 is 5.56 Å². The molecule has 1 aliphatic rings. The lowest BCUT2D eigenvalue weighted by Crippen LogP contribution is -2.18. The predicted octanol–water partition coefficient (Wildman–Crippen LogP) is 3.84. The fourth-order valence-electron chi connectivity index (χ4n) is 2.92. The molecule has 3 rings (SSSR count). The number of hydrogen-bond acceptors (Lipinski definition) is 3. The fourth-order valence-corrected chi connectivity index (χ4v) is 3.05. The topological polar surface area (TPSA) is 66.0 Å². The van der Waals surface area contributed by atoms with Gasteiger partial charge < -0.3 is 10.1 Å². The third-order valence-corrected chi connectivity index (χ3v) is 4.30. The summed E-state index contributed by atoms with van der Waals surface area (Å²) in [4.78, 5) is 19.4. The molecular weight excluding hydrogens is 288 g/mol. The van der Waals surface area contributed by atoms with Gasteiger partial charge in [-0.05, 0) is 30.5 Å². The van der Waals surface area contributed by atoms with Crippen LogP contribution in [0.15, 0.2) is 29.1 Å². The highest BCUT2D eigenvalue weighted by atomic mass is 35.5. The lowest BCUT2D eigenvalue weighted by Gasteiger charge is -2.20. The molecule has 1 aromatic carbocycles. The highest BCUT2D eigenvalue weighted by molar-refractivity contribution is 6.30. The molecule has 2 N–H and O–H groups in total. The normalized spacial score (nSPS) is 16.0. The Hall–Kier alpha value is -1.81. The summed E-state index contributed by atoms with van der Waals surface area (Å²) in [6.45, 7) is 0. The quantitative estimate of drug-likeness (QED) is 0.885. The Bertz CT molecular complexity index is 688. The van der Waals surface area contributed by atoms with E-state index in [1.165, 1.54) is 6.42 Å². The molecule has 21 heavy (non-hydrogen) atoms. The Kier molecular flexibility index (Phi) is 3.97. The number of halogens is 1. The third-order valence-electron chi connectivity index (χ3n) is 4.04. The number of rotatable bonds is 2. The van der Waals surface area contributed by atoms with Crippen LogP contribution in [-0.2, 0) is 0 Å². The molecule has 1 saturated carbocycles. The Morgan fingerprint density at radius 1 is 1.14 bits per heavy atom. The molecule has 0 amide bonds. The van der Waals surface area contributed by atoms with Crippen molar-refractivity contribution in [1.82, 2.24) is 9.97 Å². The minimum Gasteiger partial charge on any atom is -0.493 e. The molecule has 0 bridgehead atoms. The van der Waals surface area contributed by atoms with E-state index in [0.717, 1.165) is 25.7 Å². The van der Waals surface area contributed by atoms with Gasteiger partial charge in [-0.2, -0.15) is 4.98 Å². The van der Waals surface area contributed by atoms with Gasteiger partial charge in [0.05, 0.1) is 0 Å². The molecule has 0 radical (unpaired) electrons. The van der Waals surface area contributed by atoms with Crippen LogP contribution in [0.2, 0.25) is 5.02 Å². The van der Waals surface area contributed by atoms with Crippen molar-refractivity contribution < 1.29 is 5.11 Å². The Morgan fingerprint density at radius 3 is 2.43 bits per heavy atom. The molecule has 0 unspecified atom stereocenters. The molecule has 4 nitrogen and oxygen atoms in total. The smallest absolute Gasteiger partial charge is 0.262 e. The second-order valence-electron chi connectivity index (χ2n) is 5.49. The van der Waals surface area contributed by atoms with Gasteiger partial charge in [0.2, 0.25) is 5.88 Å². The van der Waals surface area contributed by atoms with Gasteiger partial charge in [-0.15, -0.1) is 0 Å². The van der Waals surface area contributed by atoms with Gasteiger partial charge in [0, 0.05) is 10.9 Å². The Balaban J connectivity index is 2.00. The van der Waals surface area contributed by atoms with E-state index in [1.807, 2.05) is 0 Å². The van der Waals surface area contributed by atoms with E-state index in [2.05, 4.69) is 9.97 Å². The van der Waals surface area contributed by atoms with E-state index >= 15 is 0 Å². The van der Waals surface area contributed by atoms with Crippen molar-refractivity contribution in [3.8, 4) is 17.0 Å². The highest BCUT2D eigenvalue weighted by Gasteiger charge is 2.21. The van der Waals surface area contributed by atoms with Crippen LogP contribution in [-0.4, -0.2) is 15.1 Å². The monoisotopic (exact) mass is 304 g/mol. The van der Waals surface area contributed by atoms with E-state index in [9.17, 15) is 9.90 Å². The third kappa shape index (κ3) is 2.95.